The maximum Gasteiger partial charge on any atom is 0.151 e. The molecule has 0 aliphatic carbocycles. The van der Waals surface area contributed by atoms with E-state index in [0.717, 1.165) is 17.6 Å². The molecular formula is C18H19ClO2. The van der Waals surface area contributed by atoms with Gasteiger partial charge in [-0.3, -0.25) is 4.79 Å². The topological polar surface area (TPSA) is 26.3 Å². The van der Waals surface area contributed by atoms with Crippen molar-refractivity contribution < 1.29 is 9.53 Å². The molecule has 0 saturated carbocycles. The van der Waals surface area contributed by atoms with E-state index in [1.807, 2.05) is 12.1 Å². The highest BCUT2D eigenvalue weighted by atomic mass is 35.5. The average Bonchev–Trinajstić information content (AvgIpc) is 2.40. The van der Waals surface area contributed by atoms with E-state index in [-0.39, 0.29) is 5.41 Å². The van der Waals surface area contributed by atoms with E-state index in [0.29, 0.717) is 16.3 Å². The standard InChI is InChI=1S/C18H19ClO2/c1-12-5-8-17(15(9-12)18(2,3)4)21-14-7-6-13(11-20)16(19)10-14/h5-11H,1-4H3. The van der Waals surface area contributed by atoms with Crippen molar-refractivity contribution in [2.75, 3.05) is 0 Å². The lowest BCUT2D eigenvalue weighted by molar-refractivity contribution is 0.112. The van der Waals surface area contributed by atoms with Gasteiger partial charge >= 0.3 is 0 Å². The summed E-state index contributed by atoms with van der Waals surface area (Å²) in [6.07, 6.45) is 0.735. The Bertz CT molecular complexity index is 669. The number of ether oxygens (including phenoxy) is 1. The molecule has 2 aromatic carbocycles. The second-order valence-corrected chi connectivity index (χ2v) is 6.56. The summed E-state index contributed by atoms with van der Waals surface area (Å²) in [5, 5.41) is 0.395. The molecule has 110 valence electrons. The van der Waals surface area contributed by atoms with Gasteiger partial charge in [0.15, 0.2) is 6.29 Å². The molecule has 2 aromatic rings. The first-order valence-electron chi connectivity index (χ1n) is 6.85. The first-order chi connectivity index (χ1) is 9.81. The largest absolute Gasteiger partial charge is 0.457 e. The highest BCUT2D eigenvalue weighted by Crippen LogP contribution is 2.35. The highest BCUT2D eigenvalue weighted by Gasteiger charge is 2.19. The molecule has 0 N–H and O–H groups in total. The number of aldehydes is 1. The van der Waals surface area contributed by atoms with Crippen LogP contribution < -0.4 is 4.74 Å². The summed E-state index contributed by atoms with van der Waals surface area (Å²) in [4.78, 5) is 10.8. The van der Waals surface area contributed by atoms with Crippen molar-refractivity contribution in [3.05, 3.63) is 58.1 Å². The predicted molar refractivity (Wildman–Crippen MR) is 86.8 cm³/mol. The van der Waals surface area contributed by atoms with Gasteiger partial charge in [-0.15, -0.1) is 0 Å². The second kappa shape index (κ2) is 5.90. The number of rotatable bonds is 3. The molecule has 2 nitrogen and oxygen atoms in total. The fraction of sp³-hybridized carbons (Fsp3) is 0.278. The first-order valence-corrected chi connectivity index (χ1v) is 7.23. The monoisotopic (exact) mass is 302 g/mol. The molecule has 0 fully saturated rings. The summed E-state index contributed by atoms with van der Waals surface area (Å²) in [5.74, 6) is 1.43. The normalized spacial score (nSPS) is 11.3. The number of hydrogen-bond acceptors (Lipinski definition) is 2. The van der Waals surface area contributed by atoms with Gasteiger partial charge in [0.25, 0.3) is 0 Å². The lowest BCUT2D eigenvalue weighted by atomic mass is 9.85. The Morgan fingerprint density at radius 1 is 1.10 bits per heavy atom. The highest BCUT2D eigenvalue weighted by molar-refractivity contribution is 6.33. The van der Waals surface area contributed by atoms with E-state index in [4.69, 9.17) is 16.3 Å². The van der Waals surface area contributed by atoms with Crippen LogP contribution in [0.5, 0.6) is 11.5 Å². The van der Waals surface area contributed by atoms with Gasteiger partial charge in [0, 0.05) is 17.2 Å². The quantitative estimate of drug-likeness (QED) is 0.695. The number of halogens is 1. The minimum Gasteiger partial charge on any atom is -0.457 e. The Morgan fingerprint density at radius 2 is 1.81 bits per heavy atom. The van der Waals surface area contributed by atoms with Gasteiger partial charge in [-0.2, -0.15) is 0 Å². The summed E-state index contributed by atoms with van der Waals surface area (Å²) < 4.78 is 5.97. The molecule has 0 aromatic heterocycles. The Balaban J connectivity index is 2.40. The molecule has 0 bridgehead atoms. The number of aryl methyl sites for hydroxylation is 1. The van der Waals surface area contributed by atoms with E-state index < -0.39 is 0 Å². The average molecular weight is 303 g/mol. The van der Waals surface area contributed by atoms with Crippen molar-refractivity contribution in [2.24, 2.45) is 0 Å². The first kappa shape index (κ1) is 15.6. The number of hydrogen-bond donors (Lipinski definition) is 0. The lowest BCUT2D eigenvalue weighted by Gasteiger charge is -2.23. The molecule has 0 amide bonds. The zero-order valence-electron chi connectivity index (χ0n) is 12.7. The maximum atomic E-state index is 10.8. The summed E-state index contributed by atoms with van der Waals surface area (Å²) >= 11 is 6.04. The van der Waals surface area contributed by atoms with Crippen molar-refractivity contribution in [1.29, 1.82) is 0 Å². The van der Waals surface area contributed by atoms with Crippen LogP contribution in [0.4, 0.5) is 0 Å². The zero-order chi connectivity index (χ0) is 15.6. The third kappa shape index (κ3) is 3.64. The van der Waals surface area contributed by atoms with Crippen molar-refractivity contribution in [2.45, 2.75) is 33.1 Å². The van der Waals surface area contributed by atoms with E-state index >= 15 is 0 Å². The van der Waals surface area contributed by atoms with Gasteiger partial charge in [0.05, 0.1) is 5.02 Å². The van der Waals surface area contributed by atoms with Crippen LogP contribution in [0.2, 0.25) is 5.02 Å². The van der Waals surface area contributed by atoms with Crippen LogP contribution in [0.1, 0.15) is 42.3 Å². The van der Waals surface area contributed by atoms with Gasteiger partial charge in [0.1, 0.15) is 11.5 Å². The Morgan fingerprint density at radius 3 is 2.38 bits per heavy atom. The van der Waals surface area contributed by atoms with Crippen LogP contribution in [0, 0.1) is 6.92 Å². The Labute approximate surface area is 130 Å². The van der Waals surface area contributed by atoms with E-state index in [2.05, 4.69) is 33.8 Å². The number of benzene rings is 2. The van der Waals surface area contributed by atoms with E-state index in [9.17, 15) is 4.79 Å². The van der Waals surface area contributed by atoms with Crippen LogP contribution in [0.25, 0.3) is 0 Å². The maximum absolute atomic E-state index is 10.8. The van der Waals surface area contributed by atoms with Gasteiger partial charge in [-0.25, -0.2) is 0 Å². The molecule has 0 unspecified atom stereocenters. The fourth-order valence-corrected chi connectivity index (χ4v) is 2.33. The lowest BCUT2D eigenvalue weighted by Crippen LogP contribution is -2.12. The molecule has 0 saturated heterocycles. The third-order valence-corrected chi connectivity index (χ3v) is 3.60. The number of carbonyl (C=O) groups is 1. The fourth-order valence-electron chi connectivity index (χ4n) is 2.11. The van der Waals surface area contributed by atoms with Crippen LogP contribution in [0.3, 0.4) is 0 Å². The second-order valence-electron chi connectivity index (χ2n) is 6.15. The SMILES string of the molecule is Cc1ccc(Oc2ccc(C=O)c(Cl)c2)c(C(C)(C)C)c1. The van der Waals surface area contributed by atoms with Crippen LogP contribution in [-0.2, 0) is 5.41 Å². The molecule has 0 spiro atoms. The number of carbonyl (C=O) groups excluding carboxylic acids is 1. The molecule has 21 heavy (non-hydrogen) atoms. The zero-order valence-corrected chi connectivity index (χ0v) is 13.5. The molecule has 0 radical (unpaired) electrons. The summed E-state index contributed by atoms with van der Waals surface area (Å²) in [6.45, 7) is 8.51. The summed E-state index contributed by atoms with van der Waals surface area (Å²) in [7, 11) is 0. The molecule has 0 atom stereocenters. The van der Waals surface area contributed by atoms with Crippen molar-refractivity contribution in [1.82, 2.24) is 0 Å². The Kier molecular flexibility index (Phi) is 4.38. The molecule has 0 aliphatic heterocycles. The molecular weight excluding hydrogens is 284 g/mol. The van der Waals surface area contributed by atoms with Crippen LogP contribution in [0.15, 0.2) is 36.4 Å². The Hall–Kier alpha value is -1.80. The molecule has 0 heterocycles. The molecule has 0 aliphatic rings. The molecule has 3 heteroatoms. The predicted octanol–water partition coefficient (Wildman–Crippen LogP) is 5.55. The van der Waals surface area contributed by atoms with Gasteiger partial charge in [-0.05, 0) is 30.5 Å². The van der Waals surface area contributed by atoms with E-state index in [1.165, 1.54) is 5.56 Å². The van der Waals surface area contributed by atoms with Gasteiger partial charge in [-0.1, -0.05) is 50.1 Å². The van der Waals surface area contributed by atoms with Gasteiger partial charge in [0.2, 0.25) is 0 Å². The summed E-state index contributed by atoms with van der Waals surface area (Å²) in [5.41, 5.74) is 2.78. The van der Waals surface area contributed by atoms with Gasteiger partial charge < -0.3 is 4.74 Å². The minimum atomic E-state index is -0.0200. The molecule has 2 rings (SSSR count). The van der Waals surface area contributed by atoms with Crippen molar-refractivity contribution in [3.63, 3.8) is 0 Å². The van der Waals surface area contributed by atoms with Crippen LogP contribution in [-0.4, -0.2) is 6.29 Å². The summed E-state index contributed by atoms with van der Waals surface area (Å²) in [6, 6.07) is 11.2. The minimum absolute atomic E-state index is 0.0200. The smallest absolute Gasteiger partial charge is 0.151 e. The van der Waals surface area contributed by atoms with Crippen LogP contribution >= 0.6 is 11.6 Å². The van der Waals surface area contributed by atoms with E-state index in [1.54, 1.807) is 18.2 Å². The van der Waals surface area contributed by atoms with Crippen molar-refractivity contribution in [3.8, 4) is 11.5 Å². The third-order valence-electron chi connectivity index (χ3n) is 3.27. The van der Waals surface area contributed by atoms with Crippen molar-refractivity contribution >= 4 is 17.9 Å².